The summed E-state index contributed by atoms with van der Waals surface area (Å²) in [4.78, 5) is 13.5. The highest BCUT2D eigenvalue weighted by molar-refractivity contribution is 6.33. The number of rotatable bonds is 2. The number of benzene rings is 1. The Morgan fingerprint density at radius 3 is 2.63 bits per heavy atom. The fraction of sp³-hybridized carbons (Fsp3) is 0.400. The van der Waals surface area contributed by atoms with Crippen LogP contribution in [0.25, 0.3) is 5.57 Å². The first-order valence-corrected chi connectivity index (χ1v) is 6.80. The maximum atomic E-state index is 12.0. The van der Waals surface area contributed by atoms with Gasteiger partial charge in [-0.05, 0) is 48.7 Å². The van der Waals surface area contributed by atoms with E-state index in [-0.39, 0.29) is 5.91 Å². The lowest BCUT2D eigenvalue weighted by Crippen LogP contribution is -2.22. The van der Waals surface area contributed by atoms with Crippen molar-refractivity contribution in [2.45, 2.75) is 13.3 Å². The molecule has 0 fully saturated rings. The molecule has 1 aromatic carbocycles. The molecule has 4 heteroatoms. The second-order valence-electron chi connectivity index (χ2n) is 5.03. The summed E-state index contributed by atoms with van der Waals surface area (Å²) in [5, 5.41) is 3.95. The van der Waals surface area contributed by atoms with E-state index in [1.165, 1.54) is 5.57 Å². The van der Waals surface area contributed by atoms with Gasteiger partial charge in [-0.25, -0.2) is 0 Å². The number of halogens is 1. The predicted molar refractivity (Wildman–Crippen MR) is 79.7 cm³/mol. The van der Waals surface area contributed by atoms with Crippen molar-refractivity contribution in [2.75, 3.05) is 27.2 Å². The van der Waals surface area contributed by atoms with Crippen molar-refractivity contribution in [3.8, 4) is 0 Å². The van der Waals surface area contributed by atoms with E-state index in [2.05, 4.69) is 11.4 Å². The first-order chi connectivity index (χ1) is 9.00. The van der Waals surface area contributed by atoms with Crippen LogP contribution in [-0.4, -0.2) is 38.0 Å². The Bertz CT molecular complexity index is 512. The van der Waals surface area contributed by atoms with Crippen molar-refractivity contribution in [3.63, 3.8) is 0 Å². The molecule has 1 N–H and O–H groups in total. The zero-order chi connectivity index (χ0) is 14.0. The number of hydrogen-bond acceptors (Lipinski definition) is 2. The zero-order valence-corrected chi connectivity index (χ0v) is 12.3. The van der Waals surface area contributed by atoms with Crippen LogP contribution in [0.1, 0.15) is 27.9 Å². The van der Waals surface area contributed by atoms with Crippen LogP contribution in [0, 0.1) is 6.92 Å². The zero-order valence-electron chi connectivity index (χ0n) is 11.6. The molecule has 0 radical (unpaired) electrons. The van der Waals surface area contributed by atoms with Crippen LogP contribution in [0.2, 0.25) is 5.02 Å². The van der Waals surface area contributed by atoms with E-state index in [0.717, 1.165) is 30.6 Å². The molecule has 1 heterocycles. The van der Waals surface area contributed by atoms with Crippen LogP contribution < -0.4 is 5.32 Å². The third kappa shape index (κ3) is 2.99. The highest BCUT2D eigenvalue weighted by Gasteiger charge is 2.16. The largest absolute Gasteiger partial charge is 0.345 e. The number of carbonyl (C=O) groups is 1. The lowest BCUT2D eigenvalue weighted by atomic mass is 9.94. The van der Waals surface area contributed by atoms with E-state index >= 15 is 0 Å². The molecular weight excluding hydrogens is 260 g/mol. The van der Waals surface area contributed by atoms with E-state index in [1.807, 2.05) is 13.0 Å². The quantitative estimate of drug-likeness (QED) is 0.902. The second kappa shape index (κ2) is 5.76. The molecule has 0 aliphatic carbocycles. The maximum Gasteiger partial charge on any atom is 0.253 e. The van der Waals surface area contributed by atoms with Gasteiger partial charge in [0.05, 0.1) is 0 Å². The molecule has 2 rings (SSSR count). The summed E-state index contributed by atoms with van der Waals surface area (Å²) in [6, 6.07) is 3.70. The minimum Gasteiger partial charge on any atom is -0.345 e. The van der Waals surface area contributed by atoms with Gasteiger partial charge in [-0.1, -0.05) is 17.7 Å². The second-order valence-corrected chi connectivity index (χ2v) is 5.44. The molecule has 19 heavy (non-hydrogen) atoms. The average molecular weight is 279 g/mol. The Balaban J connectivity index is 2.43. The molecule has 1 aliphatic heterocycles. The van der Waals surface area contributed by atoms with Gasteiger partial charge in [-0.2, -0.15) is 0 Å². The summed E-state index contributed by atoms with van der Waals surface area (Å²) in [7, 11) is 3.49. The van der Waals surface area contributed by atoms with Crippen LogP contribution in [0.4, 0.5) is 0 Å². The number of nitrogens with zero attached hydrogens (tertiary/aromatic N) is 1. The Kier molecular flexibility index (Phi) is 4.27. The summed E-state index contributed by atoms with van der Waals surface area (Å²) in [6.07, 6.45) is 3.15. The summed E-state index contributed by atoms with van der Waals surface area (Å²) < 4.78 is 0. The van der Waals surface area contributed by atoms with Crippen molar-refractivity contribution in [3.05, 3.63) is 39.9 Å². The van der Waals surface area contributed by atoms with Gasteiger partial charge in [0.2, 0.25) is 0 Å². The SMILES string of the molecule is Cc1cc(C(=O)N(C)C)cc(Cl)c1C1=CCNCC1. The van der Waals surface area contributed by atoms with Crippen LogP contribution >= 0.6 is 11.6 Å². The Morgan fingerprint density at radius 1 is 1.37 bits per heavy atom. The highest BCUT2D eigenvalue weighted by atomic mass is 35.5. The Labute approximate surface area is 119 Å². The van der Waals surface area contributed by atoms with Crippen LogP contribution in [0.15, 0.2) is 18.2 Å². The van der Waals surface area contributed by atoms with Crippen molar-refractivity contribution in [1.82, 2.24) is 10.2 Å². The van der Waals surface area contributed by atoms with Gasteiger partial charge in [0, 0.05) is 31.2 Å². The molecule has 102 valence electrons. The van der Waals surface area contributed by atoms with E-state index in [0.29, 0.717) is 10.6 Å². The van der Waals surface area contributed by atoms with Crippen LogP contribution in [0.5, 0.6) is 0 Å². The first kappa shape index (κ1) is 14.1. The summed E-state index contributed by atoms with van der Waals surface area (Å²) >= 11 is 6.38. The van der Waals surface area contributed by atoms with E-state index in [4.69, 9.17) is 11.6 Å². The lowest BCUT2D eigenvalue weighted by Gasteiger charge is -2.19. The van der Waals surface area contributed by atoms with Gasteiger partial charge in [-0.15, -0.1) is 0 Å². The van der Waals surface area contributed by atoms with Gasteiger partial charge in [0.25, 0.3) is 5.91 Å². The standard InChI is InChI=1S/C15H19ClN2O/c1-10-8-12(15(19)18(2)3)9-13(16)14(10)11-4-6-17-7-5-11/h4,8-9,17H,5-7H2,1-3H3. The van der Waals surface area contributed by atoms with E-state index in [9.17, 15) is 4.79 Å². The highest BCUT2D eigenvalue weighted by Crippen LogP contribution is 2.31. The molecule has 0 bridgehead atoms. The Morgan fingerprint density at radius 2 is 2.11 bits per heavy atom. The molecule has 1 aromatic rings. The minimum atomic E-state index is -0.0177. The molecule has 0 atom stereocenters. The van der Waals surface area contributed by atoms with Gasteiger partial charge < -0.3 is 10.2 Å². The van der Waals surface area contributed by atoms with Crippen LogP contribution in [0.3, 0.4) is 0 Å². The number of nitrogens with one attached hydrogen (secondary N) is 1. The summed E-state index contributed by atoms with van der Waals surface area (Å²) in [5.74, 6) is -0.0177. The molecule has 0 saturated carbocycles. The van der Waals surface area contributed by atoms with Crippen molar-refractivity contribution < 1.29 is 4.79 Å². The molecule has 0 unspecified atom stereocenters. The van der Waals surface area contributed by atoms with E-state index < -0.39 is 0 Å². The van der Waals surface area contributed by atoms with Crippen molar-refractivity contribution in [1.29, 1.82) is 0 Å². The Hall–Kier alpha value is -1.32. The molecule has 1 amide bonds. The van der Waals surface area contributed by atoms with Crippen molar-refractivity contribution >= 4 is 23.1 Å². The smallest absolute Gasteiger partial charge is 0.253 e. The van der Waals surface area contributed by atoms with Gasteiger partial charge in [0.15, 0.2) is 0 Å². The minimum absolute atomic E-state index is 0.0177. The molecule has 0 saturated heterocycles. The fourth-order valence-corrected chi connectivity index (χ4v) is 2.77. The molecule has 0 spiro atoms. The van der Waals surface area contributed by atoms with Gasteiger partial charge in [-0.3, -0.25) is 4.79 Å². The topological polar surface area (TPSA) is 32.3 Å². The number of amides is 1. The van der Waals surface area contributed by atoms with Gasteiger partial charge >= 0.3 is 0 Å². The number of hydrogen-bond donors (Lipinski definition) is 1. The number of carbonyl (C=O) groups excluding carboxylic acids is 1. The molecular formula is C15H19ClN2O. The van der Waals surface area contributed by atoms with E-state index in [1.54, 1.807) is 25.1 Å². The molecule has 3 nitrogen and oxygen atoms in total. The number of aryl methyl sites for hydroxylation is 1. The predicted octanol–water partition coefficient (Wildman–Crippen LogP) is 2.73. The third-order valence-electron chi connectivity index (χ3n) is 3.33. The van der Waals surface area contributed by atoms with Crippen molar-refractivity contribution in [2.24, 2.45) is 0 Å². The first-order valence-electron chi connectivity index (χ1n) is 6.42. The maximum absolute atomic E-state index is 12.0. The molecule has 0 aromatic heterocycles. The van der Waals surface area contributed by atoms with Gasteiger partial charge in [0.1, 0.15) is 0 Å². The molecule has 1 aliphatic rings. The lowest BCUT2D eigenvalue weighted by molar-refractivity contribution is 0.0827. The fourth-order valence-electron chi connectivity index (χ4n) is 2.38. The average Bonchev–Trinajstić information content (AvgIpc) is 2.38. The van der Waals surface area contributed by atoms with Crippen LogP contribution in [-0.2, 0) is 0 Å². The third-order valence-corrected chi connectivity index (χ3v) is 3.62. The monoisotopic (exact) mass is 278 g/mol. The normalized spacial score (nSPS) is 15.1. The summed E-state index contributed by atoms with van der Waals surface area (Å²) in [6.45, 7) is 3.86. The summed E-state index contributed by atoms with van der Waals surface area (Å²) in [5.41, 5.74) is 4.06.